The third-order valence-corrected chi connectivity index (χ3v) is 5.92. The molecule has 0 unspecified atom stereocenters. The maximum Gasteiger partial charge on any atom is 0.280 e. The van der Waals surface area contributed by atoms with Crippen LogP contribution in [0.3, 0.4) is 0 Å². The van der Waals surface area contributed by atoms with E-state index in [-0.39, 0.29) is 5.91 Å². The molecule has 3 rings (SSSR count). The minimum atomic E-state index is -0.188. The molecule has 0 bridgehead atoms. The van der Waals surface area contributed by atoms with Crippen LogP contribution in [-0.2, 0) is 7.05 Å². The van der Waals surface area contributed by atoms with E-state index in [1.165, 1.54) is 11.1 Å². The second-order valence-corrected chi connectivity index (χ2v) is 7.27. The van der Waals surface area contributed by atoms with Gasteiger partial charge < -0.3 is 4.57 Å². The van der Waals surface area contributed by atoms with Crippen LogP contribution >= 0.6 is 23.1 Å². The summed E-state index contributed by atoms with van der Waals surface area (Å²) in [7, 11) is 1.97. The van der Waals surface area contributed by atoms with E-state index in [1.807, 2.05) is 42.1 Å². The summed E-state index contributed by atoms with van der Waals surface area (Å²) < 4.78 is 3.17. The molecule has 0 saturated heterocycles. The number of nitrogens with zero attached hydrogens (tertiary/aromatic N) is 2. The molecule has 0 aliphatic rings. The molecule has 1 heterocycles. The molecule has 1 aromatic heterocycles. The van der Waals surface area contributed by atoms with Gasteiger partial charge in [0.1, 0.15) is 0 Å². The van der Waals surface area contributed by atoms with Crippen molar-refractivity contribution in [3.05, 3.63) is 57.9 Å². The highest BCUT2D eigenvalue weighted by Crippen LogP contribution is 2.24. The van der Waals surface area contributed by atoms with Gasteiger partial charge in [0.15, 0.2) is 4.80 Å². The smallest absolute Gasteiger partial charge is 0.280 e. The van der Waals surface area contributed by atoms with E-state index in [0.29, 0.717) is 5.56 Å². The number of amides is 1. The van der Waals surface area contributed by atoms with Crippen LogP contribution in [0, 0.1) is 13.8 Å². The number of thioether (sulfide) groups is 1. The summed E-state index contributed by atoms with van der Waals surface area (Å²) in [5.74, 6) is -0.188. The molecule has 0 radical (unpaired) electrons. The Morgan fingerprint density at radius 1 is 1.17 bits per heavy atom. The van der Waals surface area contributed by atoms with Crippen molar-refractivity contribution < 1.29 is 4.79 Å². The van der Waals surface area contributed by atoms with Crippen LogP contribution in [0.25, 0.3) is 10.2 Å². The standard InChI is InChI=1S/C18H18N2OS2/c1-11-9-10-15-16(12(11)2)20(3)18(23-15)19-17(21)13-7-5-6-8-14(13)22-4/h5-10H,1-4H3. The van der Waals surface area contributed by atoms with Gasteiger partial charge in [-0.1, -0.05) is 29.5 Å². The molecule has 3 aromatic rings. The zero-order valence-electron chi connectivity index (χ0n) is 13.6. The number of hydrogen-bond acceptors (Lipinski definition) is 3. The fraction of sp³-hybridized carbons (Fsp3) is 0.222. The average molecular weight is 342 g/mol. The Balaban J connectivity index is 2.17. The molecule has 1 amide bonds. The van der Waals surface area contributed by atoms with Gasteiger partial charge in [0.05, 0.1) is 15.8 Å². The summed E-state index contributed by atoms with van der Waals surface area (Å²) >= 11 is 3.12. The van der Waals surface area contributed by atoms with E-state index in [4.69, 9.17) is 0 Å². The molecule has 0 atom stereocenters. The Morgan fingerprint density at radius 2 is 1.91 bits per heavy atom. The maximum absolute atomic E-state index is 12.6. The van der Waals surface area contributed by atoms with Crippen molar-refractivity contribution in [3.8, 4) is 0 Å². The van der Waals surface area contributed by atoms with E-state index in [9.17, 15) is 4.79 Å². The van der Waals surface area contributed by atoms with Crippen molar-refractivity contribution in [1.29, 1.82) is 0 Å². The Kier molecular flexibility index (Phi) is 4.41. The molecule has 0 aliphatic heterocycles. The number of hydrogen-bond donors (Lipinski definition) is 0. The Labute approximate surface area is 143 Å². The van der Waals surface area contributed by atoms with Crippen LogP contribution in [-0.4, -0.2) is 16.7 Å². The van der Waals surface area contributed by atoms with E-state index in [0.717, 1.165) is 19.9 Å². The molecular weight excluding hydrogens is 324 g/mol. The molecule has 0 N–H and O–H groups in total. The molecule has 0 aliphatic carbocycles. The normalized spacial score (nSPS) is 12.1. The molecule has 5 heteroatoms. The second-order valence-electron chi connectivity index (χ2n) is 5.42. The highest BCUT2D eigenvalue weighted by molar-refractivity contribution is 7.98. The van der Waals surface area contributed by atoms with Crippen molar-refractivity contribution in [2.24, 2.45) is 12.0 Å². The predicted octanol–water partition coefficient (Wildman–Crippen LogP) is 4.32. The lowest BCUT2D eigenvalue weighted by atomic mass is 10.1. The van der Waals surface area contributed by atoms with E-state index in [2.05, 4.69) is 31.0 Å². The van der Waals surface area contributed by atoms with Gasteiger partial charge in [0, 0.05) is 11.9 Å². The lowest BCUT2D eigenvalue weighted by Crippen LogP contribution is -2.14. The van der Waals surface area contributed by atoms with Crippen LogP contribution < -0.4 is 4.80 Å². The summed E-state index contributed by atoms with van der Waals surface area (Å²) in [6, 6.07) is 11.8. The van der Waals surface area contributed by atoms with E-state index in [1.54, 1.807) is 23.1 Å². The molecule has 0 spiro atoms. The SMILES string of the molecule is CSc1ccccc1C(=O)N=c1sc2ccc(C)c(C)c2n1C. The highest BCUT2D eigenvalue weighted by atomic mass is 32.2. The highest BCUT2D eigenvalue weighted by Gasteiger charge is 2.12. The quantitative estimate of drug-likeness (QED) is 0.650. The number of carbonyl (C=O) groups is 1. The number of aromatic nitrogens is 1. The summed E-state index contributed by atoms with van der Waals surface area (Å²) in [4.78, 5) is 18.6. The maximum atomic E-state index is 12.6. The zero-order valence-corrected chi connectivity index (χ0v) is 15.2. The van der Waals surface area contributed by atoms with Gasteiger partial charge in [-0.05, 0) is 49.4 Å². The minimum absolute atomic E-state index is 0.188. The first-order valence-electron chi connectivity index (χ1n) is 7.30. The van der Waals surface area contributed by atoms with Crippen molar-refractivity contribution in [2.75, 3.05) is 6.26 Å². The summed E-state index contributed by atoms with van der Waals surface area (Å²) in [6.07, 6.45) is 1.97. The van der Waals surface area contributed by atoms with Crippen LogP contribution in [0.15, 0.2) is 46.3 Å². The summed E-state index contributed by atoms with van der Waals surface area (Å²) in [6.45, 7) is 4.21. The lowest BCUT2D eigenvalue weighted by Gasteiger charge is -2.04. The fourth-order valence-corrected chi connectivity index (χ4v) is 4.27. The van der Waals surface area contributed by atoms with Gasteiger partial charge in [0.25, 0.3) is 5.91 Å². The Bertz CT molecular complexity index is 967. The van der Waals surface area contributed by atoms with Gasteiger partial charge in [-0.3, -0.25) is 4.79 Å². The largest absolute Gasteiger partial charge is 0.319 e. The van der Waals surface area contributed by atoms with Crippen molar-refractivity contribution >= 4 is 39.2 Å². The first-order chi connectivity index (χ1) is 11.0. The second kappa shape index (κ2) is 6.34. The number of carbonyl (C=O) groups excluding carboxylic acids is 1. The van der Waals surface area contributed by atoms with E-state index < -0.39 is 0 Å². The van der Waals surface area contributed by atoms with E-state index >= 15 is 0 Å². The third kappa shape index (κ3) is 2.86. The van der Waals surface area contributed by atoms with Gasteiger partial charge >= 0.3 is 0 Å². The first-order valence-corrected chi connectivity index (χ1v) is 9.35. The van der Waals surface area contributed by atoms with Gasteiger partial charge in [-0.2, -0.15) is 4.99 Å². The predicted molar refractivity (Wildman–Crippen MR) is 98.4 cm³/mol. The van der Waals surface area contributed by atoms with Crippen LogP contribution in [0.5, 0.6) is 0 Å². The van der Waals surface area contributed by atoms with Gasteiger partial charge in [-0.15, -0.1) is 11.8 Å². The van der Waals surface area contributed by atoms with Crippen molar-refractivity contribution in [3.63, 3.8) is 0 Å². The fourth-order valence-electron chi connectivity index (χ4n) is 2.60. The van der Waals surface area contributed by atoms with Crippen LogP contribution in [0.1, 0.15) is 21.5 Å². The summed E-state index contributed by atoms with van der Waals surface area (Å²) in [5, 5.41) is 0. The molecule has 118 valence electrons. The molecule has 23 heavy (non-hydrogen) atoms. The zero-order chi connectivity index (χ0) is 16.6. The number of thiazole rings is 1. The average Bonchev–Trinajstić information content (AvgIpc) is 2.87. The van der Waals surface area contributed by atoms with Crippen molar-refractivity contribution in [1.82, 2.24) is 4.57 Å². The molecule has 3 nitrogen and oxygen atoms in total. The first kappa shape index (κ1) is 16.0. The Morgan fingerprint density at radius 3 is 2.65 bits per heavy atom. The molecule has 0 saturated carbocycles. The molecule has 2 aromatic carbocycles. The van der Waals surface area contributed by atoms with Crippen LogP contribution in [0.2, 0.25) is 0 Å². The minimum Gasteiger partial charge on any atom is -0.319 e. The summed E-state index contributed by atoms with van der Waals surface area (Å²) in [5.41, 5.74) is 4.29. The molecular formula is C18H18N2OS2. The third-order valence-electron chi connectivity index (χ3n) is 4.02. The Hall–Kier alpha value is -1.85. The molecule has 0 fully saturated rings. The lowest BCUT2D eigenvalue weighted by molar-refractivity contribution is 0.0995. The topological polar surface area (TPSA) is 34.4 Å². The van der Waals surface area contributed by atoms with Gasteiger partial charge in [-0.25, -0.2) is 0 Å². The monoisotopic (exact) mass is 342 g/mol. The van der Waals surface area contributed by atoms with Gasteiger partial charge in [0.2, 0.25) is 0 Å². The number of aryl methyl sites for hydroxylation is 3. The number of benzene rings is 2. The number of rotatable bonds is 2. The van der Waals surface area contributed by atoms with Crippen LogP contribution in [0.4, 0.5) is 0 Å². The van der Waals surface area contributed by atoms with Crippen molar-refractivity contribution in [2.45, 2.75) is 18.7 Å². The number of fused-ring (bicyclic) bond motifs is 1.